The van der Waals surface area contributed by atoms with Gasteiger partial charge in [-0.25, -0.2) is 8.78 Å². The van der Waals surface area contributed by atoms with E-state index in [1.165, 1.54) is 0 Å². The van der Waals surface area contributed by atoms with E-state index in [4.69, 9.17) is 0 Å². The van der Waals surface area contributed by atoms with Crippen LogP contribution >= 0.6 is 0 Å². The van der Waals surface area contributed by atoms with E-state index < -0.39 is 12.5 Å². The fraction of sp³-hybridized carbons (Fsp3) is 1.00. The first-order valence-electron chi connectivity index (χ1n) is 5.47. The van der Waals surface area contributed by atoms with E-state index in [9.17, 15) is 8.78 Å². The van der Waals surface area contributed by atoms with Gasteiger partial charge >= 0.3 is 0 Å². The highest BCUT2D eigenvalue weighted by molar-refractivity contribution is 4.85. The molecule has 3 heteroatoms. The van der Waals surface area contributed by atoms with Crippen LogP contribution in [0.25, 0.3) is 0 Å². The average molecular weight is 205 g/mol. The molecular formula is C11H21F2N. The molecule has 1 aliphatic rings. The maximum Gasteiger partial charge on any atom is 0.154 e. The lowest BCUT2D eigenvalue weighted by Gasteiger charge is -2.41. The lowest BCUT2D eigenvalue weighted by Crippen LogP contribution is -2.50. The zero-order valence-corrected chi connectivity index (χ0v) is 9.50. The number of likely N-dealkylation sites (tertiary alicyclic amines) is 1. The van der Waals surface area contributed by atoms with Crippen LogP contribution in [0.2, 0.25) is 0 Å². The minimum absolute atomic E-state index is 0.0939. The Balaban J connectivity index is 2.62. The Labute approximate surface area is 85.5 Å². The maximum atomic E-state index is 13.7. The summed E-state index contributed by atoms with van der Waals surface area (Å²) in [6.07, 6.45) is -1.49. The van der Waals surface area contributed by atoms with Crippen LogP contribution < -0.4 is 0 Å². The smallest absolute Gasteiger partial charge is 0.154 e. The molecule has 14 heavy (non-hydrogen) atoms. The summed E-state index contributed by atoms with van der Waals surface area (Å²) in [5.41, 5.74) is 0. The largest absolute Gasteiger partial charge is 0.269 e. The molecule has 3 unspecified atom stereocenters. The molecule has 0 aromatic heterocycles. The molecule has 0 aromatic rings. The van der Waals surface area contributed by atoms with Gasteiger partial charge in [0, 0.05) is 12.6 Å². The van der Waals surface area contributed by atoms with Crippen molar-refractivity contribution < 1.29 is 8.78 Å². The Morgan fingerprint density at radius 2 is 1.71 bits per heavy atom. The van der Waals surface area contributed by atoms with Crippen LogP contribution in [0.4, 0.5) is 8.78 Å². The Kier molecular flexibility index (Phi) is 3.87. The standard InChI is InChI=1S/C11H21F2N/c1-7(2)9-5-11(13)14(8(3)4)6-10(9)12/h7-11H,5-6H2,1-4H3. The van der Waals surface area contributed by atoms with E-state index in [0.29, 0.717) is 6.42 Å². The first-order chi connectivity index (χ1) is 6.43. The predicted molar refractivity (Wildman–Crippen MR) is 54.6 cm³/mol. The molecule has 1 saturated heterocycles. The zero-order chi connectivity index (χ0) is 10.9. The quantitative estimate of drug-likeness (QED) is 0.626. The van der Waals surface area contributed by atoms with Gasteiger partial charge in [0.15, 0.2) is 6.30 Å². The molecule has 0 amide bonds. The number of piperidine rings is 1. The molecule has 1 nitrogen and oxygen atoms in total. The molecule has 0 saturated carbocycles. The van der Waals surface area contributed by atoms with Crippen LogP contribution in [-0.4, -0.2) is 30.0 Å². The van der Waals surface area contributed by atoms with E-state index in [1.54, 1.807) is 4.90 Å². The van der Waals surface area contributed by atoms with Crippen molar-refractivity contribution in [3.63, 3.8) is 0 Å². The van der Waals surface area contributed by atoms with E-state index in [-0.39, 0.29) is 24.4 Å². The topological polar surface area (TPSA) is 3.24 Å². The Bertz CT molecular complexity index is 162. The minimum Gasteiger partial charge on any atom is -0.269 e. The molecule has 1 fully saturated rings. The van der Waals surface area contributed by atoms with Crippen molar-refractivity contribution in [3.8, 4) is 0 Å². The summed E-state index contributed by atoms with van der Waals surface area (Å²) in [7, 11) is 0. The third-order valence-corrected chi connectivity index (χ3v) is 3.20. The van der Waals surface area contributed by atoms with Gasteiger partial charge in [-0.05, 0) is 32.1 Å². The molecule has 0 radical (unpaired) electrons. The molecule has 0 N–H and O–H groups in total. The van der Waals surface area contributed by atoms with E-state index in [1.807, 2.05) is 27.7 Å². The molecule has 1 rings (SSSR count). The number of halogens is 2. The van der Waals surface area contributed by atoms with Gasteiger partial charge < -0.3 is 0 Å². The maximum absolute atomic E-state index is 13.7. The summed E-state index contributed by atoms with van der Waals surface area (Å²) in [5.74, 6) is 0.123. The summed E-state index contributed by atoms with van der Waals surface area (Å²) in [5, 5.41) is 0. The number of hydrogen-bond acceptors (Lipinski definition) is 1. The summed E-state index contributed by atoms with van der Waals surface area (Å²) in [6.45, 7) is 8.01. The van der Waals surface area contributed by atoms with Crippen molar-refractivity contribution in [1.29, 1.82) is 0 Å². The van der Waals surface area contributed by atoms with Crippen LogP contribution in [0.1, 0.15) is 34.1 Å². The van der Waals surface area contributed by atoms with Crippen LogP contribution in [0.15, 0.2) is 0 Å². The Morgan fingerprint density at radius 1 is 1.14 bits per heavy atom. The summed E-state index contributed by atoms with van der Waals surface area (Å²) >= 11 is 0. The zero-order valence-electron chi connectivity index (χ0n) is 9.50. The van der Waals surface area contributed by atoms with Gasteiger partial charge in [-0.15, -0.1) is 0 Å². The van der Waals surface area contributed by atoms with Crippen molar-refractivity contribution >= 4 is 0 Å². The second kappa shape index (κ2) is 4.56. The fourth-order valence-corrected chi connectivity index (χ4v) is 2.18. The van der Waals surface area contributed by atoms with E-state index in [0.717, 1.165) is 0 Å². The summed E-state index contributed by atoms with van der Waals surface area (Å²) in [6, 6.07) is 0.0939. The summed E-state index contributed by atoms with van der Waals surface area (Å²) in [4.78, 5) is 1.61. The number of rotatable bonds is 2. The van der Waals surface area contributed by atoms with E-state index >= 15 is 0 Å². The highest BCUT2D eigenvalue weighted by Gasteiger charge is 2.38. The molecule has 0 spiro atoms. The monoisotopic (exact) mass is 205 g/mol. The molecular weight excluding hydrogens is 184 g/mol. The number of alkyl halides is 2. The highest BCUT2D eigenvalue weighted by Crippen LogP contribution is 2.32. The third-order valence-electron chi connectivity index (χ3n) is 3.20. The lowest BCUT2D eigenvalue weighted by atomic mass is 9.84. The third kappa shape index (κ3) is 2.44. The minimum atomic E-state index is -0.964. The van der Waals surface area contributed by atoms with Gasteiger partial charge in [-0.3, -0.25) is 4.90 Å². The molecule has 3 atom stereocenters. The second-order valence-corrected chi connectivity index (χ2v) is 4.88. The van der Waals surface area contributed by atoms with Gasteiger partial charge in [-0.1, -0.05) is 13.8 Å². The van der Waals surface area contributed by atoms with Crippen LogP contribution in [-0.2, 0) is 0 Å². The highest BCUT2D eigenvalue weighted by atomic mass is 19.1. The van der Waals surface area contributed by atoms with Crippen molar-refractivity contribution in [2.24, 2.45) is 11.8 Å². The van der Waals surface area contributed by atoms with Gasteiger partial charge in [0.1, 0.15) is 6.17 Å². The van der Waals surface area contributed by atoms with Gasteiger partial charge in [-0.2, -0.15) is 0 Å². The SMILES string of the molecule is CC(C)C1CC(F)N(C(C)C)CC1F. The fourth-order valence-electron chi connectivity index (χ4n) is 2.18. The van der Waals surface area contributed by atoms with Gasteiger partial charge in [0.25, 0.3) is 0 Å². The molecule has 1 aliphatic heterocycles. The molecule has 0 aliphatic carbocycles. The molecule has 0 aromatic carbocycles. The Morgan fingerprint density at radius 3 is 2.14 bits per heavy atom. The molecule has 84 valence electrons. The number of nitrogens with zero attached hydrogens (tertiary/aromatic N) is 1. The van der Waals surface area contributed by atoms with Crippen molar-refractivity contribution in [3.05, 3.63) is 0 Å². The van der Waals surface area contributed by atoms with Crippen LogP contribution in [0, 0.1) is 11.8 Å². The summed E-state index contributed by atoms with van der Waals surface area (Å²) < 4.78 is 27.3. The van der Waals surface area contributed by atoms with E-state index in [2.05, 4.69) is 0 Å². The molecule has 1 heterocycles. The van der Waals surface area contributed by atoms with Crippen molar-refractivity contribution in [1.82, 2.24) is 4.90 Å². The van der Waals surface area contributed by atoms with Crippen LogP contribution in [0.5, 0.6) is 0 Å². The van der Waals surface area contributed by atoms with Gasteiger partial charge in [0.05, 0.1) is 0 Å². The average Bonchev–Trinajstić information content (AvgIpc) is 2.07. The van der Waals surface area contributed by atoms with Crippen LogP contribution in [0.3, 0.4) is 0 Å². The predicted octanol–water partition coefficient (Wildman–Crippen LogP) is 3.01. The molecule has 0 bridgehead atoms. The normalized spacial score (nSPS) is 35.6. The first-order valence-corrected chi connectivity index (χ1v) is 5.47. The Hall–Kier alpha value is -0.180. The first kappa shape index (κ1) is 11.9. The number of hydrogen-bond donors (Lipinski definition) is 0. The lowest BCUT2D eigenvalue weighted by molar-refractivity contribution is -0.0520. The van der Waals surface area contributed by atoms with Crippen molar-refractivity contribution in [2.75, 3.05) is 6.54 Å². The second-order valence-electron chi connectivity index (χ2n) is 4.88. The van der Waals surface area contributed by atoms with Gasteiger partial charge in [0.2, 0.25) is 0 Å². The van der Waals surface area contributed by atoms with Crippen molar-refractivity contribution in [2.45, 2.75) is 52.6 Å².